The first-order valence-corrected chi connectivity index (χ1v) is 6.94. The fourth-order valence-electron chi connectivity index (χ4n) is 1.33. The van der Waals surface area contributed by atoms with Crippen LogP contribution in [0.15, 0.2) is 23.1 Å². The molecule has 0 saturated carbocycles. The van der Waals surface area contributed by atoms with Crippen LogP contribution < -0.4 is 0 Å². The zero-order chi connectivity index (χ0) is 13.9. The Labute approximate surface area is 108 Å². The van der Waals surface area contributed by atoms with Crippen molar-refractivity contribution in [2.75, 3.05) is 5.75 Å². The van der Waals surface area contributed by atoms with E-state index in [2.05, 4.69) is 0 Å². The molecule has 18 heavy (non-hydrogen) atoms. The van der Waals surface area contributed by atoms with E-state index >= 15 is 0 Å². The molecule has 1 unspecified atom stereocenters. The van der Waals surface area contributed by atoms with Crippen molar-refractivity contribution >= 4 is 16.8 Å². The number of carbonyl (C=O) groups is 1. The lowest BCUT2D eigenvalue weighted by molar-refractivity contribution is 0.0691. The number of carboxylic acids is 1. The SMILES string of the molecule is CC(C)(C)CCS(=O)c1ccc(F)c(C(=O)O)c1. The quantitative estimate of drug-likeness (QED) is 0.916. The number of aromatic carboxylic acids is 1. The van der Waals surface area contributed by atoms with E-state index in [4.69, 9.17) is 5.11 Å². The van der Waals surface area contributed by atoms with Gasteiger partial charge in [-0.05, 0) is 30.0 Å². The van der Waals surface area contributed by atoms with E-state index < -0.39 is 28.1 Å². The zero-order valence-electron chi connectivity index (χ0n) is 10.7. The fraction of sp³-hybridized carbons (Fsp3) is 0.462. The van der Waals surface area contributed by atoms with Crippen LogP contribution >= 0.6 is 0 Å². The highest BCUT2D eigenvalue weighted by molar-refractivity contribution is 7.85. The third-order valence-corrected chi connectivity index (χ3v) is 3.82. The summed E-state index contributed by atoms with van der Waals surface area (Å²) in [7, 11) is -1.29. The van der Waals surface area contributed by atoms with Gasteiger partial charge in [0.05, 0.1) is 16.4 Å². The Morgan fingerprint density at radius 1 is 1.39 bits per heavy atom. The van der Waals surface area contributed by atoms with Crippen molar-refractivity contribution in [2.24, 2.45) is 5.41 Å². The summed E-state index contributed by atoms with van der Waals surface area (Å²) in [6.07, 6.45) is 0.749. The minimum Gasteiger partial charge on any atom is -0.478 e. The number of halogens is 1. The van der Waals surface area contributed by atoms with Crippen LogP contribution in [0.5, 0.6) is 0 Å². The Hall–Kier alpha value is -1.23. The van der Waals surface area contributed by atoms with Crippen molar-refractivity contribution in [3.05, 3.63) is 29.6 Å². The molecule has 5 heteroatoms. The molecule has 1 atom stereocenters. The first-order chi connectivity index (χ1) is 8.20. The molecule has 0 radical (unpaired) electrons. The average molecular weight is 272 g/mol. The predicted octanol–water partition coefficient (Wildman–Crippen LogP) is 3.07. The highest BCUT2D eigenvalue weighted by atomic mass is 32.2. The maximum absolute atomic E-state index is 13.2. The van der Waals surface area contributed by atoms with Gasteiger partial charge in [0.25, 0.3) is 0 Å². The van der Waals surface area contributed by atoms with Crippen molar-refractivity contribution in [1.29, 1.82) is 0 Å². The summed E-state index contributed by atoms with van der Waals surface area (Å²) in [5, 5.41) is 8.79. The van der Waals surface area contributed by atoms with E-state index in [0.29, 0.717) is 10.6 Å². The lowest BCUT2D eigenvalue weighted by Gasteiger charge is -2.17. The molecule has 100 valence electrons. The Balaban J connectivity index is 2.87. The molecule has 1 aromatic carbocycles. The first kappa shape index (κ1) is 14.8. The van der Waals surface area contributed by atoms with Gasteiger partial charge in [-0.15, -0.1) is 0 Å². The predicted molar refractivity (Wildman–Crippen MR) is 68.7 cm³/mol. The number of hydrogen-bond donors (Lipinski definition) is 1. The summed E-state index contributed by atoms with van der Waals surface area (Å²) in [6, 6.07) is 3.57. The van der Waals surface area contributed by atoms with Gasteiger partial charge in [0.2, 0.25) is 0 Å². The fourth-order valence-corrected chi connectivity index (χ4v) is 2.83. The molecule has 1 N–H and O–H groups in total. The highest BCUT2D eigenvalue weighted by Gasteiger charge is 2.16. The third-order valence-electron chi connectivity index (χ3n) is 2.47. The molecule has 0 aliphatic heterocycles. The summed E-state index contributed by atoms with van der Waals surface area (Å²) in [5.41, 5.74) is -0.373. The maximum Gasteiger partial charge on any atom is 0.338 e. The molecule has 0 bridgehead atoms. The minimum atomic E-state index is -1.35. The Bertz CT molecular complexity index is 478. The largest absolute Gasteiger partial charge is 0.478 e. The smallest absolute Gasteiger partial charge is 0.338 e. The average Bonchev–Trinajstić information content (AvgIpc) is 2.25. The van der Waals surface area contributed by atoms with Crippen LogP contribution in [0.1, 0.15) is 37.6 Å². The molecule has 0 spiro atoms. The van der Waals surface area contributed by atoms with E-state index in [9.17, 15) is 13.4 Å². The second kappa shape index (κ2) is 5.61. The van der Waals surface area contributed by atoms with E-state index in [1.807, 2.05) is 20.8 Å². The van der Waals surface area contributed by atoms with Crippen LogP contribution in [0, 0.1) is 11.2 Å². The highest BCUT2D eigenvalue weighted by Crippen LogP contribution is 2.21. The molecule has 0 aliphatic rings. The van der Waals surface area contributed by atoms with Crippen LogP contribution in [-0.2, 0) is 10.8 Å². The molecule has 0 fully saturated rings. The second-order valence-corrected chi connectivity index (χ2v) is 6.88. The molecule has 0 saturated heterocycles. The lowest BCUT2D eigenvalue weighted by atomic mass is 9.94. The van der Waals surface area contributed by atoms with Gasteiger partial charge in [-0.2, -0.15) is 0 Å². The normalized spacial score (nSPS) is 13.3. The van der Waals surface area contributed by atoms with Crippen molar-refractivity contribution in [2.45, 2.75) is 32.1 Å². The molecule has 0 heterocycles. The van der Waals surface area contributed by atoms with Gasteiger partial charge in [0.15, 0.2) is 0 Å². The molecule has 1 aromatic rings. The minimum absolute atomic E-state index is 0.0608. The molecule has 3 nitrogen and oxygen atoms in total. The van der Waals surface area contributed by atoms with Crippen molar-refractivity contribution in [3.8, 4) is 0 Å². The van der Waals surface area contributed by atoms with Gasteiger partial charge in [-0.25, -0.2) is 9.18 Å². The number of rotatable bonds is 4. The molecule has 0 aromatic heterocycles. The van der Waals surface area contributed by atoms with Gasteiger partial charge in [0, 0.05) is 10.6 Å². The standard InChI is InChI=1S/C13H17FO3S/c1-13(2,3)6-7-18(17)9-4-5-11(14)10(8-9)12(15)16/h4-5,8H,6-7H2,1-3H3,(H,15,16). The van der Waals surface area contributed by atoms with E-state index in [0.717, 1.165) is 18.6 Å². The van der Waals surface area contributed by atoms with Gasteiger partial charge in [-0.3, -0.25) is 4.21 Å². The van der Waals surface area contributed by atoms with Crippen LogP contribution in [0.3, 0.4) is 0 Å². The van der Waals surface area contributed by atoms with Gasteiger partial charge >= 0.3 is 5.97 Å². The van der Waals surface area contributed by atoms with Crippen LogP contribution in [0.4, 0.5) is 4.39 Å². The number of hydrogen-bond acceptors (Lipinski definition) is 2. The van der Waals surface area contributed by atoms with Gasteiger partial charge in [0.1, 0.15) is 5.82 Å². The number of benzene rings is 1. The molecule has 0 amide bonds. The summed E-state index contributed by atoms with van der Waals surface area (Å²) < 4.78 is 25.2. The van der Waals surface area contributed by atoms with Crippen molar-refractivity contribution < 1.29 is 18.5 Å². The number of carboxylic acid groups (broad SMARTS) is 1. The summed E-state index contributed by atoms with van der Waals surface area (Å²) in [5.74, 6) is -1.71. The monoisotopic (exact) mass is 272 g/mol. The Kier molecular flexibility index (Phi) is 4.62. The molecular weight excluding hydrogens is 255 g/mol. The third kappa shape index (κ3) is 4.22. The molecular formula is C13H17FO3S. The second-order valence-electron chi connectivity index (χ2n) is 5.31. The topological polar surface area (TPSA) is 54.4 Å². The summed E-state index contributed by atoms with van der Waals surface area (Å²) in [4.78, 5) is 11.1. The van der Waals surface area contributed by atoms with Crippen LogP contribution in [0.2, 0.25) is 0 Å². The Morgan fingerprint density at radius 2 is 2.00 bits per heavy atom. The zero-order valence-corrected chi connectivity index (χ0v) is 11.5. The van der Waals surface area contributed by atoms with Crippen LogP contribution in [0.25, 0.3) is 0 Å². The van der Waals surface area contributed by atoms with E-state index in [1.165, 1.54) is 6.07 Å². The van der Waals surface area contributed by atoms with Gasteiger partial charge < -0.3 is 5.11 Å². The maximum atomic E-state index is 13.2. The summed E-state index contributed by atoms with van der Waals surface area (Å²) in [6.45, 7) is 6.12. The van der Waals surface area contributed by atoms with Crippen molar-refractivity contribution in [1.82, 2.24) is 0 Å². The van der Waals surface area contributed by atoms with E-state index in [-0.39, 0.29) is 5.41 Å². The van der Waals surface area contributed by atoms with Gasteiger partial charge in [-0.1, -0.05) is 20.8 Å². The lowest BCUT2D eigenvalue weighted by Crippen LogP contribution is -2.11. The first-order valence-electron chi connectivity index (χ1n) is 5.62. The Morgan fingerprint density at radius 3 is 2.50 bits per heavy atom. The van der Waals surface area contributed by atoms with E-state index in [1.54, 1.807) is 0 Å². The van der Waals surface area contributed by atoms with Crippen LogP contribution in [-0.4, -0.2) is 21.0 Å². The van der Waals surface area contributed by atoms with Crippen molar-refractivity contribution in [3.63, 3.8) is 0 Å². The molecule has 0 aliphatic carbocycles. The molecule has 1 rings (SSSR count). The summed E-state index contributed by atoms with van der Waals surface area (Å²) >= 11 is 0.